The topological polar surface area (TPSA) is 116 Å². The molecular formula is C30H30ClFN4O4S. The lowest BCUT2D eigenvalue weighted by Gasteiger charge is -2.30. The molecule has 3 fully saturated rings. The molecule has 2 unspecified atom stereocenters. The zero-order chi connectivity index (χ0) is 28.8. The molecule has 3 aliphatic rings. The highest BCUT2D eigenvalue weighted by Crippen LogP contribution is 2.45. The number of anilines is 1. The minimum atomic E-state index is -2.99. The van der Waals surface area contributed by atoms with E-state index in [1.54, 1.807) is 6.07 Å². The predicted molar refractivity (Wildman–Crippen MR) is 154 cm³/mol. The monoisotopic (exact) mass is 596 g/mol. The number of aromatic nitrogens is 1. The van der Waals surface area contributed by atoms with Crippen LogP contribution in [-0.2, 0) is 14.6 Å². The first kappa shape index (κ1) is 27.7. The van der Waals surface area contributed by atoms with E-state index in [9.17, 15) is 22.9 Å². The maximum absolute atomic E-state index is 13.9. The van der Waals surface area contributed by atoms with Crippen molar-refractivity contribution in [1.82, 2.24) is 10.3 Å². The molecule has 0 radical (unpaired) electrons. The van der Waals surface area contributed by atoms with Gasteiger partial charge >= 0.3 is 0 Å². The van der Waals surface area contributed by atoms with E-state index < -0.39 is 21.2 Å². The number of benzene rings is 2. The predicted octanol–water partition coefficient (Wildman–Crippen LogP) is 5.48. The van der Waals surface area contributed by atoms with Crippen LogP contribution < -0.4 is 10.2 Å². The van der Waals surface area contributed by atoms with E-state index in [-0.39, 0.29) is 40.2 Å². The van der Waals surface area contributed by atoms with E-state index in [2.05, 4.69) is 11.4 Å². The summed E-state index contributed by atoms with van der Waals surface area (Å²) in [6, 6.07) is 14.3. The van der Waals surface area contributed by atoms with Crippen LogP contribution in [0.4, 0.5) is 10.1 Å². The number of hydrogen-bond acceptors (Lipinski definition) is 7. The number of nitrogens with zero attached hydrogens (tertiary/aromatic N) is 3. The molecule has 0 spiro atoms. The van der Waals surface area contributed by atoms with E-state index in [0.717, 1.165) is 30.5 Å². The SMILES string of the molecule is N#CC1(NC(=O)C2CCCCC2c2oc(-c3ccc(F)c(Cl)c3)nc2-c2ccc(N3CCS(=O)(=O)CC3)cc2)CC1. The van der Waals surface area contributed by atoms with Crippen LogP contribution in [-0.4, -0.2) is 49.4 Å². The van der Waals surface area contributed by atoms with Gasteiger partial charge in [0.05, 0.1) is 22.6 Å². The summed E-state index contributed by atoms with van der Waals surface area (Å²) in [6.07, 6.45) is 4.54. The van der Waals surface area contributed by atoms with E-state index in [1.807, 2.05) is 29.2 Å². The maximum atomic E-state index is 13.9. The Morgan fingerprint density at radius 3 is 2.44 bits per heavy atom. The molecule has 1 amide bonds. The van der Waals surface area contributed by atoms with Crippen molar-refractivity contribution in [3.05, 3.63) is 59.1 Å². The molecule has 3 aromatic rings. The summed E-state index contributed by atoms with van der Waals surface area (Å²) in [4.78, 5) is 20.3. The van der Waals surface area contributed by atoms with Gasteiger partial charge in [-0.3, -0.25) is 4.79 Å². The summed E-state index contributed by atoms with van der Waals surface area (Å²) in [7, 11) is -2.99. The Morgan fingerprint density at radius 1 is 1.10 bits per heavy atom. The van der Waals surface area contributed by atoms with Crippen molar-refractivity contribution in [2.45, 2.75) is 50.0 Å². The Balaban J connectivity index is 1.36. The molecule has 214 valence electrons. The zero-order valence-electron chi connectivity index (χ0n) is 22.4. The molecule has 1 N–H and O–H groups in total. The fourth-order valence-corrected chi connectivity index (χ4v) is 7.20. The Bertz CT molecular complexity index is 1610. The lowest BCUT2D eigenvalue weighted by atomic mass is 9.76. The molecule has 41 heavy (non-hydrogen) atoms. The van der Waals surface area contributed by atoms with Crippen molar-refractivity contribution >= 4 is 33.0 Å². The lowest BCUT2D eigenvalue weighted by Crippen LogP contribution is -2.42. The molecular weight excluding hydrogens is 567 g/mol. The average Bonchev–Trinajstić information content (AvgIpc) is 3.61. The van der Waals surface area contributed by atoms with E-state index in [0.29, 0.717) is 49.4 Å². The van der Waals surface area contributed by atoms with Gasteiger partial charge in [-0.05, 0) is 56.0 Å². The summed E-state index contributed by atoms with van der Waals surface area (Å²) in [5, 5.41) is 12.5. The first-order chi connectivity index (χ1) is 19.7. The minimum Gasteiger partial charge on any atom is -0.440 e. The van der Waals surface area contributed by atoms with Gasteiger partial charge < -0.3 is 14.6 Å². The Kier molecular flexibility index (Phi) is 7.28. The minimum absolute atomic E-state index is 0.0437. The number of carbonyl (C=O) groups is 1. The van der Waals surface area contributed by atoms with Crippen LogP contribution >= 0.6 is 11.6 Å². The molecule has 2 aromatic carbocycles. The number of oxazole rings is 1. The van der Waals surface area contributed by atoms with Crippen LogP contribution in [0.25, 0.3) is 22.7 Å². The first-order valence-electron chi connectivity index (χ1n) is 13.9. The lowest BCUT2D eigenvalue weighted by molar-refractivity contribution is -0.127. The van der Waals surface area contributed by atoms with Gasteiger partial charge in [0.25, 0.3) is 0 Å². The van der Waals surface area contributed by atoms with Gasteiger partial charge in [-0.15, -0.1) is 0 Å². The highest BCUT2D eigenvalue weighted by Gasteiger charge is 2.47. The highest BCUT2D eigenvalue weighted by atomic mass is 35.5. The van der Waals surface area contributed by atoms with Crippen molar-refractivity contribution in [3.63, 3.8) is 0 Å². The first-order valence-corrected chi connectivity index (χ1v) is 16.1. The molecule has 11 heteroatoms. The second kappa shape index (κ2) is 10.8. The van der Waals surface area contributed by atoms with Gasteiger partial charge in [-0.1, -0.05) is 36.6 Å². The molecule has 2 atom stereocenters. The standard InChI is InChI=1S/C30H30ClFN4O4S/c31-24-17-20(7-10-25(24)32)29-34-26(19-5-8-21(9-6-19)36-13-15-41(38,39)16-14-36)27(40-29)22-3-1-2-4-23(22)28(37)35-30(18-33)11-12-30/h5-10,17,22-23H,1-4,11-16H2,(H,35,37). The van der Waals surface area contributed by atoms with Crippen molar-refractivity contribution in [2.24, 2.45) is 5.92 Å². The van der Waals surface area contributed by atoms with Gasteiger partial charge in [-0.2, -0.15) is 5.26 Å². The Morgan fingerprint density at radius 2 is 1.78 bits per heavy atom. The third-order valence-corrected chi connectivity index (χ3v) is 10.3. The molecule has 1 aromatic heterocycles. The Hall–Kier alpha value is -3.42. The van der Waals surface area contributed by atoms with Crippen molar-refractivity contribution in [3.8, 4) is 28.8 Å². The number of hydrogen-bond donors (Lipinski definition) is 1. The van der Waals surface area contributed by atoms with Crippen LogP contribution in [0, 0.1) is 23.1 Å². The molecule has 0 bridgehead atoms. The molecule has 6 rings (SSSR count). The molecule has 8 nitrogen and oxygen atoms in total. The summed E-state index contributed by atoms with van der Waals surface area (Å²) >= 11 is 6.06. The molecule has 2 saturated carbocycles. The molecule has 2 aliphatic carbocycles. The van der Waals surface area contributed by atoms with Gasteiger partial charge in [-0.25, -0.2) is 17.8 Å². The number of carbonyl (C=O) groups excluding carboxylic acids is 1. The summed E-state index contributed by atoms with van der Waals surface area (Å²) in [6.45, 7) is 0.880. The number of nitriles is 1. The summed E-state index contributed by atoms with van der Waals surface area (Å²) in [5.41, 5.74) is 2.06. The maximum Gasteiger partial charge on any atom is 0.226 e. The van der Waals surface area contributed by atoms with Gasteiger partial charge in [0, 0.05) is 41.7 Å². The van der Waals surface area contributed by atoms with Gasteiger partial charge in [0.15, 0.2) is 9.84 Å². The number of nitrogens with one attached hydrogen (secondary N) is 1. The fourth-order valence-electron chi connectivity index (χ4n) is 5.82. The van der Waals surface area contributed by atoms with Crippen molar-refractivity contribution in [2.75, 3.05) is 29.5 Å². The van der Waals surface area contributed by atoms with Crippen molar-refractivity contribution in [1.29, 1.82) is 5.26 Å². The average molecular weight is 597 g/mol. The molecule has 2 heterocycles. The zero-order valence-corrected chi connectivity index (χ0v) is 24.0. The number of rotatable bonds is 6. The number of halogens is 2. The Labute approximate surface area is 243 Å². The quantitative estimate of drug-likeness (QED) is 0.400. The van der Waals surface area contributed by atoms with Crippen LogP contribution in [0.5, 0.6) is 0 Å². The molecule has 1 aliphatic heterocycles. The number of sulfone groups is 1. The fraction of sp³-hybridized carbons (Fsp3) is 0.433. The van der Waals surface area contributed by atoms with E-state index >= 15 is 0 Å². The third kappa shape index (κ3) is 5.70. The summed E-state index contributed by atoms with van der Waals surface area (Å²) in [5.74, 6) is -0.190. The van der Waals surface area contributed by atoms with Crippen molar-refractivity contribution < 1.29 is 22.0 Å². The number of amides is 1. The van der Waals surface area contributed by atoms with Gasteiger partial charge in [0.1, 0.15) is 22.8 Å². The van der Waals surface area contributed by atoms with Crippen LogP contribution in [0.15, 0.2) is 46.9 Å². The van der Waals surface area contributed by atoms with Crippen LogP contribution in [0.1, 0.15) is 50.2 Å². The second-order valence-electron chi connectivity index (χ2n) is 11.2. The van der Waals surface area contributed by atoms with Crippen LogP contribution in [0.3, 0.4) is 0 Å². The largest absolute Gasteiger partial charge is 0.440 e. The normalized spacial score (nSPS) is 23.0. The summed E-state index contributed by atoms with van der Waals surface area (Å²) < 4.78 is 44.0. The molecule has 1 saturated heterocycles. The van der Waals surface area contributed by atoms with E-state index in [4.69, 9.17) is 21.0 Å². The highest BCUT2D eigenvalue weighted by molar-refractivity contribution is 7.91. The van der Waals surface area contributed by atoms with Crippen LogP contribution in [0.2, 0.25) is 5.02 Å². The second-order valence-corrected chi connectivity index (χ2v) is 13.9. The third-order valence-electron chi connectivity index (χ3n) is 8.44. The van der Waals surface area contributed by atoms with Gasteiger partial charge in [0.2, 0.25) is 11.8 Å². The van der Waals surface area contributed by atoms with E-state index in [1.165, 1.54) is 12.1 Å². The smallest absolute Gasteiger partial charge is 0.226 e.